The summed E-state index contributed by atoms with van der Waals surface area (Å²) >= 11 is 0. The third-order valence-corrected chi connectivity index (χ3v) is 3.34. The summed E-state index contributed by atoms with van der Waals surface area (Å²) in [4.78, 5) is 13.4. The van der Waals surface area contributed by atoms with E-state index in [1.54, 1.807) is 0 Å². The second kappa shape index (κ2) is 2.73. The third-order valence-electron chi connectivity index (χ3n) is 3.34. The predicted molar refractivity (Wildman–Crippen MR) is 46.4 cm³/mol. The van der Waals surface area contributed by atoms with Gasteiger partial charge in [-0.2, -0.15) is 0 Å². The van der Waals surface area contributed by atoms with E-state index in [0.717, 1.165) is 13.1 Å². The maximum atomic E-state index is 11.1. The molecular weight excluding hydrogens is 152 g/mol. The van der Waals surface area contributed by atoms with Gasteiger partial charge in [0.25, 0.3) is 0 Å². The average molecular weight is 168 g/mol. The Morgan fingerprint density at radius 1 is 1.33 bits per heavy atom. The van der Waals surface area contributed by atoms with E-state index in [4.69, 9.17) is 5.73 Å². The van der Waals surface area contributed by atoms with Gasteiger partial charge in [-0.3, -0.25) is 4.79 Å². The number of hydrogen-bond acceptors (Lipinski definition) is 2. The van der Waals surface area contributed by atoms with Crippen LogP contribution < -0.4 is 5.73 Å². The van der Waals surface area contributed by atoms with Crippen molar-refractivity contribution in [2.45, 2.75) is 12.8 Å². The van der Waals surface area contributed by atoms with Gasteiger partial charge in [0, 0.05) is 19.0 Å². The molecule has 0 aromatic rings. The first-order valence-corrected chi connectivity index (χ1v) is 4.66. The minimum atomic E-state index is -0.0735. The molecule has 1 heterocycles. The van der Waals surface area contributed by atoms with Gasteiger partial charge in [-0.15, -0.1) is 0 Å². The number of carbonyl (C=O) groups is 1. The van der Waals surface area contributed by atoms with Gasteiger partial charge in [0.2, 0.25) is 5.91 Å². The first-order chi connectivity index (χ1) is 5.68. The topological polar surface area (TPSA) is 46.3 Å². The highest BCUT2D eigenvalue weighted by Crippen LogP contribution is 2.41. The Hall–Kier alpha value is -0.570. The van der Waals surface area contributed by atoms with Crippen molar-refractivity contribution in [2.75, 3.05) is 20.1 Å². The van der Waals surface area contributed by atoms with Gasteiger partial charge in [0.1, 0.15) is 0 Å². The summed E-state index contributed by atoms with van der Waals surface area (Å²) in [5.74, 6) is 1.20. The lowest BCUT2D eigenvalue weighted by Crippen LogP contribution is -2.44. The second-order valence-corrected chi connectivity index (χ2v) is 4.25. The van der Waals surface area contributed by atoms with E-state index in [0.29, 0.717) is 11.8 Å². The number of fused-ring (bicyclic) bond motifs is 2. The van der Waals surface area contributed by atoms with E-state index < -0.39 is 0 Å². The van der Waals surface area contributed by atoms with E-state index in [9.17, 15) is 4.79 Å². The van der Waals surface area contributed by atoms with E-state index in [1.807, 2.05) is 0 Å². The number of rotatable bonds is 1. The number of primary amides is 1. The van der Waals surface area contributed by atoms with E-state index in [2.05, 4.69) is 11.9 Å². The lowest BCUT2D eigenvalue weighted by Gasteiger charge is -2.33. The molecule has 3 atom stereocenters. The zero-order valence-corrected chi connectivity index (χ0v) is 7.49. The molecule has 0 aromatic carbocycles. The van der Waals surface area contributed by atoms with E-state index >= 15 is 0 Å². The van der Waals surface area contributed by atoms with Gasteiger partial charge in [0.15, 0.2) is 0 Å². The Morgan fingerprint density at radius 3 is 2.25 bits per heavy atom. The fourth-order valence-corrected chi connectivity index (χ4v) is 2.92. The average Bonchev–Trinajstić information content (AvgIpc) is 2.24. The molecule has 0 aromatic heterocycles. The molecule has 2 fully saturated rings. The first-order valence-electron chi connectivity index (χ1n) is 4.66. The molecule has 0 spiro atoms. The van der Waals surface area contributed by atoms with Crippen LogP contribution in [0.1, 0.15) is 12.8 Å². The van der Waals surface area contributed by atoms with Gasteiger partial charge in [-0.05, 0) is 31.7 Å². The molecule has 3 nitrogen and oxygen atoms in total. The zero-order valence-electron chi connectivity index (χ0n) is 7.49. The van der Waals surface area contributed by atoms with Crippen LogP contribution in [0.3, 0.4) is 0 Å². The Bertz CT molecular complexity index is 191. The normalized spacial score (nSPS) is 41.6. The minimum Gasteiger partial charge on any atom is -0.369 e. The van der Waals surface area contributed by atoms with E-state index in [-0.39, 0.29) is 11.8 Å². The van der Waals surface area contributed by atoms with Crippen molar-refractivity contribution in [3.05, 3.63) is 0 Å². The van der Waals surface area contributed by atoms with Crippen LogP contribution in [-0.2, 0) is 4.79 Å². The fourth-order valence-electron chi connectivity index (χ4n) is 2.92. The smallest absolute Gasteiger partial charge is 0.221 e. The maximum absolute atomic E-state index is 11.1. The molecule has 0 radical (unpaired) electrons. The van der Waals surface area contributed by atoms with Crippen LogP contribution in [0.2, 0.25) is 0 Å². The van der Waals surface area contributed by atoms with Gasteiger partial charge in [0.05, 0.1) is 0 Å². The molecule has 1 aliphatic carbocycles. The fraction of sp³-hybridized carbons (Fsp3) is 0.889. The number of likely N-dealkylation sites (tertiary alicyclic amines) is 1. The number of hydrogen-bond donors (Lipinski definition) is 1. The van der Waals surface area contributed by atoms with Crippen molar-refractivity contribution in [2.24, 2.45) is 23.5 Å². The number of amides is 1. The molecule has 2 N–H and O–H groups in total. The minimum absolute atomic E-state index is 0.0735. The molecule has 1 amide bonds. The molecule has 1 aliphatic heterocycles. The Labute approximate surface area is 72.9 Å². The highest BCUT2D eigenvalue weighted by Gasteiger charge is 2.43. The van der Waals surface area contributed by atoms with Crippen LogP contribution in [0.25, 0.3) is 0 Å². The Morgan fingerprint density at radius 2 is 1.83 bits per heavy atom. The van der Waals surface area contributed by atoms with Crippen LogP contribution in [0.4, 0.5) is 0 Å². The molecule has 12 heavy (non-hydrogen) atoms. The van der Waals surface area contributed by atoms with Crippen molar-refractivity contribution in [1.82, 2.24) is 4.90 Å². The Kier molecular flexibility index (Phi) is 1.83. The molecule has 1 saturated heterocycles. The highest BCUT2D eigenvalue weighted by molar-refractivity contribution is 5.77. The highest BCUT2D eigenvalue weighted by atomic mass is 16.1. The number of piperidine rings is 1. The van der Waals surface area contributed by atoms with E-state index in [1.165, 1.54) is 12.8 Å². The summed E-state index contributed by atoms with van der Waals surface area (Å²) in [7, 11) is 2.13. The standard InChI is InChI=1S/C9H16N2O/c1-11-4-6-2-3-7(5-11)8(6)9(10)12/h6-8H,2-5H2,1H3,(H2,10,12)/t6-,7+,8+. The molecule has 1 saturated carbocycles. The third kappa shape index (κ3) is 1.12. The van der Waals surface area contributed by atoms with Crippen LogP contribution in [-0.4, -0.2) is 30.9 Å². The largest absolute Gasteiger partial charge is 0.369 e. The summed E-state index contributed by atoms with van der Waals surface area (Å²) in [5, 5.41) is 0. The van der Waals surface area contributed by atoms with Crippen LogP contribution in [0.15, 0.2) is 0 Å². The van der Waals surface area contributed by atoms with Crippen LogP contribution in [0, 0.1) is 17.8 Å². The van der Waals surface area contributed by atoms with Gasteiger partial charge < -0.3 is 10.6 Å². The summed E-state index contributed by atoms with van der Waals surface area (Å²) in [6.07, 6.45) is 2.39. The maximum Gasteiger partial charge on any atom is 0.221 e. The van der Waals surface area contributed by atoms with Crippen LogP contribution in [0.5, 0.6) is 0 Å². The lowest BCUT2D eigenvalue weighted by atomic mass is 9.85. The van der Waals surface area contributed by atoms with Crippen molar-refractivity contribution < 1.29 is 4.79 Å². The molecule has 2 aliphatic rings. The summed E-state index contributed by atoms with van der Waals surface area (Å²) in [5.41, 5.74) is 5.38. The van der Waals surface area contributed by atoms with Gasteiger partial charge >= 0.3 is 0 Å². The van der Waals surface area contributed by atoms with Gasteiger partial charge in [-0.1, -0.05) is 0 Å². The molecule has 0 unspecified atom stereocenters. The molecule has 68 valence electrons. The van der Waals surface area contributed by atoms with Crippen molar-refractivity contribution >= 4 is 5.91 Å². The summed E-state index contributed by atoms with van der Waals surface area (Å²) in [6.45, 7) is 2.12. The quantitative estimate of drug-likeness (QED) is 0.602. The molecular formula is C9H16N2O. The van der Waals surface area contributed by atoms with Crippen molar-refractivity contribution in [3.8, 4) is 0 Å². The van der Waals surface area contributed by atoms with Crippen LogP contribution >= 0.6 is 0 Å². The monoisotopic (exact) mass is 168 g/mol. The molecule has 2 bridgehead atoms. The van der Waals surface area contributed by atoms with Gasteiger partial charge in [-0.25, -0.2) is 0 Å². The van der Waals surface area contributed by atoms with Crippen molar-refractivity contribution in [3.63, 3.8) is 0 Å². The lowest BCUT2D eigenvalue weighted by molar-refractivity contribution is -0.125. The number of nitrogens with two attached hydrogens (primary N) is 1. The number of nitrogens with zero attached hydrogens (tertiary/aromatic N) is 1. The first kappa shape index (κ1) is 8.05. The zero-order chi connectivity index (χ0) is 8.72. The summed E-state index contributed by atoms with van der Waals surface area (Å²) in [6, 6.07) is 0. The molecule has 3 heteroatoms. The summed E-state index contributed by atoms with van der Waals surface area (Å²) < 4.78 is 0. The predicted octanol–water partition coefficient (Wildman–Crippen LogP) is 0.0595. The Balaban J connectivity index is 2.14. The van der Waals surface area contributed by atoms with Crippen molar-refractivity contribution in [1.29, 1.82) is 0 Å². The molecule has 2 rings (SSSR count). The number of carbonyl (C=O) groups excluding carboxylic acids is 1. The SMILES string of the molecule is CN1C[C@H]2CC[C@@H](C1)[C@H]2C(N)=O. The second-order valence-electron chi connectivity index (χ2n) is 4.25.